The first-order chi connectivity index (χ1) is 12.6. The number of para-hydroxylation sites is 1. The number of benzene rings is 2. The average Bonchev–Trinajstić information content (AvgIpc) is 2.65. The first kappa shape index (κ1) is 17.4. The smallest absolute Gasteiger partial charge is 0.312 e. The first-order valence-corrected chi connectivity index (χ1v) is 7.92. The Morgan fingerprint density at radius 2 is 1.92 bits per heavy atom. The second-order valence-corrected chi connectivity index (χ2v) is 5.51. The van der Waals surface area contributed by atoms with E-state index >= 15 is 0 Å². The Morgan fingerprint density at radius 3 is 2.65 bits per heavy atom. The highest BCUT2D eigenvalue weighted by molar-refractivity contribution is 6.32. The maximum Gasteiger partial charge on any atom is 0.312 e. The lowest BCUT2D eigenvalue weighted by molar-refractivity contribution is -0.385. The fourth-order valence-corrected chi connectivity index (χ4v) is 2.27. The van der Waals surface area contributed by atoms with E-state index in [0.29, 0.717) is 22.2 Å². The van der Waals surface area contributed by atoms with Crippen LogP contribution in [0.15, 0.2) is 72.0 Å². The number of nitro groups is 1. The van der Waals surface area contributed by atoms with E-state index < -0.39 is 4.92 Å². The molecule has 1 heterocycles. The molecule has 0 fully saturated rings. The molecule has 3 aromatic rings. The Bertz CT molecular complexity index is 948. The highest BCUT2D eigenvalue weighted by atomic mass is 35.5. The van der Waals surface area contributed by atoms with Gasteiger partial charge in [0.1, 0.15) is 11.6 Å². The van der Waals surface area contributed by atoms with E-state index in [-0.39, 0.29) is 11.4 Å². The first-order valence-electron chi connectivity index (χ1n) is 7.54. The van der Waals surface area contributed by atoms with Crippen molar-refractivity contribution >= 4 is 29.3 Å². The molecule has 0 atom stereocenters. The van der Waals surface area contributed by atoms with Crippen LogP contribution in [0.1, 0.15) is 5.56 Å². The van der Waals surface area contributed by atoms with Crippen LogP contribution in [0.25, 0.3) is 0 Å². The number of nitrogens with zero attached hydrogens (tertiary/aromatic N) is 3. The summed E-state index contributed by atoms with van der Waals surface area (Å²) < 4.78 is 5.59. The summed E-state index contributed by atoms with van der Waals surface area (Å²) in [4.78, 5) is 14.9. The van der Waals surface area contributed by atoms with Crippen LogP contribution in [0, 0.1) is 10.1 Å². The Labute approximate surface area is 154 Å². The molecule has 3 rings (SSSR count). The number of pyridine rings is 1. The van der Waals surface area contributed by atoms with Gasteiger partial charge in [0.25, 0.3) is 0 Å². The number of hydrogen-bond acceptors (Lipinski definition) is 6. The quantitative estimate of drug-likeness (QED) is 0.380. The zero-order chi connectivity index (χ0) is 18.4. The van der Waals surface area contributed by atoms with Crippen LogP contribution in [0.5, 0.6) is 11.5 Å². The summed E-state index contributed by atoms with van der Waals surface area (Å²) >= 11 is 6.03. The largest absolute Gasteiger partial charge is 0.449 e. The van der Waals surface area contributed by atoms with Crippen molar-refractivity contribution in [3.05, 3.63) is 87.6 Å². The lowest BCUT2D eigenvalue weighted by Gasteiger charge is -2.08. The normalized spacial score (nSPS) is 10.7. The van der Waals surface area contributed by atoms with Crippen molar-refractivity contribution < 1.29 is 9.66 Å². The van der Waals surface area contributed by atoms with Gasteiger partial charge in [-0.2, -0.15) is 5.10 Å². The van der Waals surface area contributed by atoms with Crippen molar-refractivity contribution in [2.45, 2.75) is 0 Å². The molecule has 7 nitrogen and oxygen atoms in total. The van der Waals surface area contributed by atoms with Crippen LogP contribution in [-0.2, 0) is 0 Å². The average molecular weight is 369 g/mol. The third kappa shape index (κ3) is 4.34. The van der Waals surface area contributed by atoms with Gasteiger partial charge in [-0.25, -0.2) is 4.98 Å². The highest BCUT2D eigenvalue weighted by Crippen LogP contribution is 2.35. The number of hydrogen-bond donors (Lipinski definition) is 1. The summed E-state index contributed by atoms with van der Waals surface area (Å²) in [6.07, 6.45) is 3.09. The lowest BCUT2D eigenvalue weighted by Crippen LogP contribution is -1.97. The van der Waals surface area contributed by atoms with E-state index in [2.05, 4.69) is 15.5 Å². The molecular formula is C18H13ClN4O3. The number of nitrogens with one attached hydrogen (secondary N) is 1. The van der Waals surface area contributed by atoms with Crippen molar-refractivity contribution in [1.82, 2.24) is 4.98 Å². The fourth-order valence-electron chi connectivity index (χ4n) is 2.09. The molecule has 0 saturated carbocycles. The van der Waals surface area contributed by atoms with Crippen LogP contribution in [0.2, 0.25) is 5.02 Å². The fraction of sp³-hybridized carbons (Fsp3) is 0. The lowest BCUT2D eigenvalue weighted by atomic mass is 10.2. The van der Waals surface area contributed by atoms with E-state index in [1.54, 1.807) is 48.7 Å². The van der Waals surface area contributed by atoms with E-state index in [1.807, 2.05) is 6.07 Å². The van der Waals surface area contributed by atoms with E-state index in [4.69, 9.17) is 16.3 Å². The van der Waals surface area contributed by atoms with E-state index in [9.17, 15) is 10.1 Å². The van der Waals surface area contributed by atoms with Crippen LogP contribution >= 0.6 is 11.6 Å². The van der Waals surface area contributed by atoms with Crippen molar-refractivity contribution in [1.29, 1.82) is 0 Å². The summed E-state index contributed by atoms with van der Waals surface area (Å²) in [5.74, 6) is 1.00. The predicted molar refractivity (Wildman–Crippen MR) is 100 cm³/mol. The van der Waals surface area contributed by atoms with Crippen LogP contribution in [0.3, 0.4) is 0 Å². The molecule has 8 heteroatoms. The molecule has 0 aliphatic heterocycles. The minimum atomic E-state index is -0.518. The summed E-state index contributed by atoms with van der Waals surface area (Å²) in [6.45, 7) is 0. The Balaban J connectivity index is 1.80. The van der Waals surface area contributed by atoms with Gasteiger partial charge in [-0.3, -0.25) is 15.5 Å². The Kier molecular flexibility index (Phi) is 5.40. The zero-order valence-electron chi connectivity index (χ0n) is 13.4. The van der Waals surface area contributed by atoms with Crippen molar-refractivity contribution in [3.63, 3.8) is 0 Å². The number of nitro benzene ring substituents is 1. The predicted octanol–water partition coefficient (Wildman–Crippen LogP) is 4.88. The van der Waals surface area contributed by atoms with Gasteiger partial charge in [0.05, 0.1) is 16.2 Å². The van der Waals surface area contributed by atoms with Crippen LogP contribution in [0.4, 0.5) is 11.5 Å². The minimum absolute atomic E-state index is 0.0953. The molecule has 1 N–H and O–H groups in total. The molecule has 0 saturated heterocycles. The van der Waals surface area contributed by atoms with Gasteiger partial charge in [0, 0.05) is 17.8 Å². The number of anilines is 1. The van der Waals surface area contributed by atoms with Crippen LogP contribution in [-0.4, -0.2) is 16.1 Å². The van der Waals surface area contributed by atoms with Crippen LogP contribution < -0.4 is 10.2 Å². The van der Waals surface area contributed by atoms with Gasteiger partial charge in [0.2, 0.25) is 5.75 Å². The molecule has 26 heavy (non-hydrogen) atoms. The van der Waals surface area contributed by atoms with Gasteiger partial charge in [-0.15, -0.1) is 0 Å². The summed E-state index contributed by atoms with van der Waals surface area (Å²) in [7, 11) is 0. The zero-order valence-corrected chi connectivity index (χ0v) is 14.1. The molecule has 0 amide bonds. The molecule has 0 aliphatic rings. The number of hydrazone groups is 1. The van der Waals surface area contributed by atoms with Crippen molar-refractivity contribution in [2.75, 3.05) is 5.43 Å². The highest BCUT2D eigenvalue weighted by Gasteiger charge is 2.17. The standard InChI is InChI=1S/C18H13ClN4O3/c19-14-5-1-2-6-16(14)26-17-9-8-13(11-15(17)23(24)25)12-21-22-18-7-3-4-10-20-18/h1-12H,(H,20,22). The van der Waals surface area contributed by atoms with Crippen molar-refractivity contribution in [2.24, 2.45) is 5.10 Å². The van der Waals surface area contributed by atoms with Gasteiger partial charge in [0.15, 0.2) is 0 Å². The second kappa shape index (κ2) is 8.09. The second-order valence-electron chi connectivity index (χ2n) is 5.10. The van der Waals surface area contributed by atoms with Gasteiger partial charge in [-0.1, -0.05) is 29.8 Å². The number of aromatic nitrogens is 1. The summed E-state index contributed by atoms with van der Waals surface area (Å²) in [5, 5.41) is 15.8. The van der Waals surface area contributed by atoms with Gasteiger partial charge < -0.3 is 4.74 Å². The summed E-state index contributed by atoms with van der Waals surface area (Å²) in [5.41, 5.74) is 3.09. The molecule has 1 aromatic heterocycles. The molecule has 2 aromatic carbocycles. The maximum atomic E-state index is 11.4. The Hall–Kier alpha value is -3.45. The molecule has 0 aliphatic carbocycles. The molecule has 0 bridgehead atoms. The molecule has 130 valence electrons. The topological polar surface area (TPSA) is 89.7 Å². The van der Waals surface area contributed by atoms with E-state index in [0.717, 1.165) is 0 Å². The monoisotopic (exact) mass is 368 g/mol. The Morgan fingerprint density at radius 1 is 1.12 bits per heavy atom. The molecule has 0 radical (unpaired) electrons. The molecular weight excluding hydrogens is 356 g/mol. The van der Waals surface area contributed by atoms with Gasteiger partial charge in [-0.05, 0) is 36.4 Å². The van der Waals surface area contributed by atoms with Gasteiger partial charge >= 0.3 is 5.69 Å². The maximum absolute atomic E-state index is 11.4. The minimum Gasteiger partial charge on any atom is -0.449 e. The number of ether oxygens (including phenoxy) is 1. The van der Waals surface area contributed by atoms with Crippen molar-refractivity contribution in [3.8, 4) is 11.5 Å². The third-order valence-corrected chi connectivity index (χ3v) is 3.61. The third-order valence-electron chi connectivity index (χ3n) is 3.29. The summed E-state index contributed by atoms with van der Waals surface area (Å²) in [6, 6.07) is 16.6. The SMILES string of the molecule is O=[N+]([O-])c1cc(C=NNc2ccccn2)ccc1Oc1ccccc1Cl. The molecule has 0 unspecified atom stereocenters. The number of rotatable bonds is 6. The number of halogens is 1. The van der Waals surface area contributed by atoms with E-state index in [1.165, 1.54) is 18.3 Å². The molecule has 0 spiro atoms.